The van der Waals surface area contributed by atoms with Crippen LogP contribution in [-0.4, -0.2) is 33.7 Å². The van der Waals surface area contributed by atoms with E-state index in [4.69, 9.17) is 12.2 Å². The van der Waals surface area contributed by atoms with E-state index in [2.05, 4.69) is 11.0 Å². The third-order valence-corrected chi connectivity index (χ3v) is 2.01. The Balaban J connectivity index is 2.93. The zero-order chi connectivity index (χ0) is 11.4. The Kier molecular flexibility index (Phi) is 3.34. The summed E-state index contributed by atoms with van der Waals surface area (Å²) in [5.74, 6) is 2.20. The molecule has 1 amide bonds. The fourth-order valence-corrected chi connectivity index (χ4v) is 1.26. The van der Waals surface area contributed by atoms with Crippen LogP contribution >= 0.6 is 0 Å². The Morgan fingerprint density at radius 2 is 2.47 bits per heavy atom. The van der Waals surface area contributed by atoms with E-state index in [9.17, 15) is 4.79 Å². The lowest BCUT2D eigenvalue weighted by atomic mass is 10.3. The van der Waals surface area contributed by atoms with Crippen LogP contribution in [0.5, 0.6) is 0 Å². The summed E-state index contributed by atoms with van der Waals surface area (Å²) in [4.78, 5) is 13.4. The SMILES string of the molecule is C#CCN(CC)C(=O)c1nn(C)cc1N. The number of amides is 1. The Morgan fingerprint density at radius 1 is 1.80 bits per heavy atom. The summed E-state index contributed by atoms with van der Waals surface area (Å²) in [5, 5.41) is 3.99. The molecule has 0 radical (unpaired) electrons. The van der Waals surface area contributed by atoms with Gasteiger partial charge in [0, 0.05) is 19.8 Å². The number of nitrogens with two attached hydrogens (primary N) is 1. The van der Waals surface area contributed by atoms with Gasteiger partial charge in [-0.15, -0.1) is 6.42 Å². The predicted octanol–water partition coefficient (Wildman–Crippen LogP) is 0.0976. The minimum absolute atomic E-state index is 0.228. The van der Waals surface area contributed by atoms with Crippen LogP contribution in [0.15, 0.2) is 6.20 Å². The number of carbonyl (C=O) groups is 1. The third kappa shape index (κ3) is 2.29. The topological polar surface area (TPSA) is 64.2 Å². The number of nitrogen functional groups attached to an aromatic ring is 1. The summed E-state index contributed by atoms with van der Waals surface area (Å²) in [6, 6.07) is 0. The Bertz CT molecular complexity index is 402. The smallest absolute Gasteiger partial charge is 0.277 e. The van der Waals surface area contributed by atoms with Gasteiger partial charge in [-0.2, -0.15) is 5.10 Å². The van der Waals surface area contributed by atoms with Crippen molar-refractivity contribution in [3.63, 3.8) is 0 Å². The van der Waals surface area contributed by atoms with Crippen LogP contribution in [0.4, 0.5) is 5.69 Å². The van der Waals surface area contributed by atoms with Crippen molar-refractivity contribution in [3.05, 3.63) is 11.9 Å². The van der Waals surface area contributed by atoms with E-state index in [1.54, 1.807) is 13.2 Å². The van der Waals surface area contributed by atoms with Crippen molar-refractivity contribution in [1.29, 1.82) is 0 Å². The van der Waals surface area contributed by atoms with E-state index in [1.807, 2.05) is 6.92 Å². The van der Waals surface area contributed by atoms with E-state index < -0.39 is 0 Å². The van der Waals surface area contributed by atoms with Gasteiger partial charge in [-0.1, -0.05) is 5.92 Å². The Hall–Kier alpha value is -1.96. The largest absolute Gasteiger partial charge is 0.396 e. The van der Waals surface area contributed by atoms with Crippen LogP contribution in [0.1, 0.15) is 17.4 Å². The van der Waals surface area contributed by atoms with E-state index in [0.29, 0.717) is 12.2 Å². The lowest BCUT2D eigenvalue weighted by molar-refractivity contribution is 0.0779. The first-order valence-electron chi connectivity index (χ1n) is 4.62. The molecule has 5 heteroatoms. The number of terminal acetylenes is 1. The predicted molar refractivity (Wildman–Crippen MR) is 58.0 cm³/mol. The van der Waals surface area contributed by atoms with E-state index >= 15 is 0 Å². The molecule has 1 aromatic heterocycles. The number of rotatable bonds is 3. The lowest BCUT2D eigenvalue weighted by Crippen LogP contribution is -2.32. The number of aromatic nitrogens is 2. The molecular formula is C10H14N4O. The Labute approximate surface area is 88.9 Å². The van der Waals surface area contributed by atoms with E-state index in [1.165, 1.54) is 9.58 Å². The van der Waals surface area contributed by atoms with E-state index in [0.717, 1.165) is 0 Å². The first-order chi connectivity index (χ1) is 7.10. The third-order valence-electron chi connectivity index (χ3n) is 2.01. The number of hydrogen-bond donors (Lipinski definition) is 1. The van der Waals surface area contributed by atoms with Gasteiger partial charge in [0.2, 0.25) is 0 Å². The van der Waals surface area contributed by atoms with Crippen LogP contribution in [0.25, 0.3) is 0 Å². The quantitative estimate of drug-likeness (QED) is 0.713. The molecule has 5 nitrogen and oxygen atoms in total. The van der Waals surface area contributed by atoms with Gasteiger partial charge in [0.05, 0.1) is 12.2 Å². The summed E-state index contributed by atoms with van der Waals surface area (Å²) in [7, 11) is 1.71. The maximum absolute atomic E-state index is 11.9. The van der Waals surface area contributed by atoms with Gasteiger partial charge < -0.3 is 10.6 Å². The minimum atomic E-state index is -0.228. The molecule has 0 aliphatic rings. The van der Waals surface area contributed by atoms with Gasteiger partial charge in [0.25, 0.3) is 5.91 Å². The highest BCUT2D eigenvalue weighted by atomic mass is 16.2. The molecule has 0 aliphatic carbocycles. The van der Waals surface area contributed by atoms with Gasteiger partial charge in [-0.25, -0.2) is 0 Å². The molecule has 0 saturated carbocycles. The monoisotopic (exact) mass is 206 g/mol. The number of carbonyl (C=O) groups excluding carboxylic acids is 1. The van der Waals surface area contributed by atoms with Crippen LogP contribution in [0.2, 0.25) is 0 Å². The molecule has 0 atom stereocenters. The fourth-order valence-electron chi connectivity index (χ4n) is 1.26. The normalized spacial score (nSPS) is 9.67. The van der Waals surface area contributed by atoms with Gasteiger partial charge in [0.15, 0.2) is 5.69 Å². The van der Waals surface area contributed by atoms with Crippen molar-refractivity contribution >= 4 is 11.6 Å². The highest BCUT2D eigenvalue weighted by Crippen LogP contribution is 2.10. The minimum Gasteiger partial charge on any atom is -0.396 e. The van der Waals surface area contributed by atoms with Crippen molar-refractivity contribution in [2.24, 2.45) is 7.05 Å². The van der Waals surface area contributed by atoms with Gasteiger partial charge in [-0.05, 0) is 6.92 Å². The maximum Gasteiger partial charge on any atom is 0.277 e. The van der Waals surface area contributed by atoms with Crippen LogP contribution < -0.4 is 5.73 Å². The summed E-state index contributed by atoms with van der Waals surface area (Å²) in [6.07, 6.45) is 6.76. The van der Waals surface area contributed by atoms with Gasteiger partial charge in [-0.3, -0.25) is 9.48 Å². The second-order valence-corrected chi connectivity index (χ2v) is 3.13. The van der Waals surface area contributed by atoms with Crippen molar-refractivity contribution in [3.8, 4) is 12.3 Å². The first-order valence-corrected chi connectivity index (χ1v) is 4.62. The summed E-state index contributed by atoms with van der Waals surface area (Å²) < 4.78 is 1.51. The molecule has 2 N–H and O–H groups in total. The number of aryl methyl sites for hydroxylation is 1. The molecule has 0 aliphatic heterocycles. The zero-order valence-electron chi connectivity index (χ0n) is 8.90. The second kappa shape index (κ2) is 4.51. The summed E-state index contributed by atoms with van der Waals surface area (Å²) in [6.45, 7) is 2.67. The molecule has 1 aromatic rings. The molecule has 1 rings (SSSR count). The molecule has 0 aromatic carbocycles. The maximum atomic E-state index is 11.9. The number of anilines is 1. The molecule has 1 heterocycles. The molecule has 15 heavy (non-hydrogen) atoms. The van der Waals surface area contributed by atoms with Crippen LogP contribution in [-0.2, 0) is 7.05 Å². The van der Waals surface area contributed by atoms with Crippen molar-refractivity contribution in [2.45, 2.75) is 6.92 Å². The molecule has 0 bridgehead atoms. The average Bonchev–Trinajstić information content (AvgIpc) is 2.53. The highest BCUT2D eigenvalue weighted by Gasteiger charge is 2.19. The van der Waals surface area contributed by atoms with Crippen LogP contribution in [0, 0.1) is 12.3 Å². The van der Waals surface area contributed by atoms with Crippen molar-refractivity contribution in [2.75, 3.05) is 18.8 Å². The van der Waals surface area contributed by atoms with Gasteiger partial charge >= 0.3 is 0 Å². The molecule has 80 valence electrons. The lowest BCUT2D eigenvalue weighted by Gasteiger charge is -2.16. The standard InChI is InChI=1S/C10H14N4O/c1-4-6-14(5-2)10(15)9-8(11)7-13(3)12-9/h1,7H,5-6,11H2,2-3H3. The molecular weight excluding hydrogens is 192 g/mol. The molecule has 0 spiro atoms. The fraction of sp³-hybridized carbons (Fsp3) is 0.400. The first kappa shape index (κ1) is 11.1. The van der Waals surface area contributed by atoms with Crippen molar-refractivity contribution in [1.82, 2.24) is 14.7 Å². The molecule has 0 unspecified atom stereocenters. The average molecular weight is 206 g/mol. The molecule has 0 fully saturated rings. The number of nitrogens with zero attached hydrogens (tertiary/aromatic N) is 3. The van der Waals surface area contributed by atoms with Crippen LogP contribution in [0.3, 0.4) is 0 Å². The van der Waals surface area contributed by atoms with Crippen molar-refractivity contribution < 1.29 is 4.79 Å². The van der Waals surface area contributed by atoms with Gasteiger partial charge in [0.1, 0.15) is 0 Å². The second-order valence-electron chi connectivity index (χ2n) is 3.13. The van der Waals surface area contributed by atoms with E-state index in [-0.39, 0.29) is 18.1 Å². The zero-order valence-corrected chi connectivity index (χ0v) is 8.90. The summed E-state index contributed by atoms with van der Waals surface area (Å²) >= 11 is 0. The molecule has 0 saturated heterocycles. The summed E-state index contributed by atoms with van der Waals surface area (Å²) in [5.41, 5.74) is 6.28. The number of hydrogen-bond acceptors (Lipinski definition) is 3. The Morgan fingerprint density at radius 3 is 2.87 bits per heavy atom. The highest BCUT2D eigenvalue weighted by molar-refractivity contribution is 5.97.